The standard InChI is InChI=1S/C30H63ClO4Si.H3N/c1-7-10-11-12-13-14-15-16-17-18-19-20-21-22-23-29(5)30(6,31)26-28(4)27-36(33-8-2,34-9-3)35-25-24-32;/h28-29,32H,7-27H2,1-6H3;1H3. The minimum atomic E-state index is -2.80. The molecule has 0 rings (SSSR count). The molecule has 226 valence electrons. The molecule has 0 heterocycles. The molecule has 0 amide bonds. The molecule has 4 N–H and O–H groups in total. The lowest BCUT2D eigenvalue weighted by atomic mass is 9.84. The average molecular weight is 568 g/mol. The summed E-state index contributed by atoms with van der Waals surface area (Å²) in [6, 6.07) is 0.739. The van der Waals surface area contributed by atoms with Gasteiger partial charge < -0.3 is 24.5 Å². The van der Waals surface area contributed by atoms with Crippen molar-refractivity contribution in [2.24, 2.45) is 11.8 Å². The summed E-state index contributed by atoms with van der Waals surface area (Å²) in [5, 5.41) is 9.25. The number of hydrogen-bond donors (Lipinski definition) is 2. The smallest absolute Gasteiger partial charge is 0.394 e. The molecule has 3 unspecified atom stereocenters. The Morgan fingerprint density at radius 1 is 0.730 bits per heavy atom. The normalized spacial score (nSPS) is 15.2. The first-order valence-corrected chi connectivity index (χ1v) is 17.8. The maximum Gasteiger partial charge on any atom is 0.501 e. The van der Waals surface area contributed by atoms with Gasteiger partial charge in [0.2, 0.25) is 0 Å². The van der Waals surface area contributed by atoms with E-state index in [1.807, 2.05) is 13.8 Å². The second kappa shape index (κ2) is 25.3. The maximum atomic E-state index is 9.25. The van der Waals surface area contributed by atoms with Crippen LogP contribution in [0.15, 0.2) is 0 Å². The number of hydrogen-bond acceptors (Lipinski definition) is 5. The van der Waals surface area contributed by atoms with Crippen molar-refractivity contribution in [3.05, 3.63) is 0 Å². The van der Waals surface area contributed by atoms with Gasteiger partial charge in [0.25, 0.3) is 0 Å². The Bertz CT molecular complexity index is 478. The summed E-state index contributed by atoms with van der Waals surface area (Å²) in [6.45, 7) is 14.3. The van der Waals surface area contributed by atoms with Crippen molar-refractivity contribution >= 4 is 20.4 Å². The number of unbranched alkanes of at least 4 members (excludes halogenated alkanes) is 13. The second-order valence-corrected chi connectivity index (χ2v) is 14.7. The first kappa shape index (κ1) is 39.5. The molecule has 7 heteroatoms. The van der Waals surface area contributed by atoms with Crippen LogP contribution < -0.4 is 6.15 Å². The number of rotatable bonds is 27. The van der Waals surface area contributed by atoms with E-state index in [2.05, 4.69) is 27.7 Å². The molecule has 0 aromatic rings. The van der Waals surface area contributed by atoms with Gasteiger partial charge in [-0.1, -0.05) is 111 Å². The summed E-state index contributed by atoms with van der Waals surface area (Å²) >= 11 is 7.08. The van der Waals surface area contributed by atoms with E-state index in [0.29, 0.717) is 25.0 Å². The molecule has 5 nitrogen and oxygen atoms in total. The molecular weight excluding hydrogens is 502 g/mol. The molecule has 0 aliphatic heterocycles. The minimum Gasteiger partial charge on any atom is -0.394 e. The van der Waals surface area contributed by atoms with Crippen molar-refractivity contribution in [3.63, 3.8) is 0 Å². The quantitative estimate of drug-likeness (QED) is 0.0586. The number of alkyl halides is 1. The Morgan fingerprint density at radius 3 is 1.57 bits per heavy atom. The van der Waals surface area contributed by atoms with Gasteiger partial charge in [-0.15, -0.1) is 11.6 Å². The van der Waals surface area contributed by atoms with E-state index < -0.39 is 8.80 Å². The largest absolute Gasteiger partial charge is 0.501 e. The van der Waals surface area contributed by atoms with E-state index in [1.54, 1.807) is 0 Å². The SMILES string of the molecule is CCCCCCCCCCCCCCCCC(C)C(C)(Cl)CC(C)C[Si](OCC)(OCC)OCCO.N. The van der Waals surface area contributed by atoms with E-state index in [1.165, 1.54) is 96.3 Å². The van der Waals surface area contributed by atoms with E-state index in [0.717, 1.165) is 12.5 Å². The average Bonchev–Trinajstić information content (AvgIpc) is 2.82. The van der Waals surface area contributed by atoms with Crippen LogP contribution in [0, 0.1) is 11.8 Å². The lowest BCUT2D eigenvalue weighted by Crippen LogP contribution is -2.48. The van der Waals surface area contributed by atoms with Gasteiger partial charge >= 0.3 is 8.80 Å². The first-order chi connectivity index (χ1) is 17.3. The summed E-state index contributed by atoms with van der Waals surface area (Å²) in [7, 11) is -2.80. The molecule has 0 spiro atoms. The number of halogens is 1. The molecule has 0 aromatic heterocycles. The summed E-state index contributed by atoms with van der Waals surface area (Å²) in [4.78, 5) is -0.245. The summed E-state index contributed by atoms with van der Waals surface area (Å²) in [5.41, 5.74) is 0. The monoisotopic (exact) mass is 567 g/mol. The molecule has 3 atom stereocenters. The van der Waals surface area contributed by atoms with Crippen LogP contribution in [0.4, 0.5) is 0 Å². The summed E-state index contributed by atoms with van der Waals surface area (Å²) in [6.07, 6.45) is 21.6. The van der Waals surface area contributed by atoms with Crippen LogP contribution in [0.3, 0.4) is 0 Å². The van der Waals surface area contributed by atoms with Crippen LogP contribution in [-0.4, -0.2) is 45.2 Å². The molecule has 0 aromatic carbocycles. The van der Waals surface area contributed by atoms with Crippen LogP contribution in [-0.2, 0) is 13.3 Å². The van der Waals surface area contributed by atoms with Gasteiger partial charge in [0.1, 0.15) is 0 Å². The van der Waals surface area contributed by atoms with Crippen molar-refractivity contribution in [3.8, 4) is 0 Å². The van der Waals surface area contributed by atoms with Gasteiger partial charge in [-0.05, 0) is 45.4 Å². The van der Waals surface area contributed by atoms with Crippen LogP contribution in [0.5, 0.6) is 0 Å². The second-order valence-electron chi connectivity index (χ2n) is 11.2. The third-order valence-corrected chi connectivity index (χ3v) is 11.3. The summed E-state index contributed by atoms with van der Waals surface area (Å²) < 4.78 is 18.0. The van der Waals surface area contributed by atoms with Crippen LogP contribution >= 0.6 is 11.6 Å². The van der Waals surface area contributed by atoms with Crippen molar-refractivity contribution in [1.29, 1.82) is 0 Å². The lowest BCUT2D eigenvalue weighted by Gasteiger charge is -2.35. The highest BCUT2D eigenvalue weighted by Gasteiger charge is 2.43. The highest BCUT2D eigenvalue weighted by atomic mass is 35.5. The van der Waals surface area contributed by atoms with Crippen LogP contribution in [0.1, 0.15) is 144 Å². The van der Waals surface area contributed by atoms with Crippen molar-refractivity contribution in [2.75, 3.05) is 26.4 Å². The Labute approximate surface area is 238 Å². The lowest BCUT2D eigenvalue weighted by molar-refractivity contribution is 0.0494. The molecule has 0 saturated carbocycles. The molecule has 0 fully saturated rings. The number of aliphatic hydroxyl groups is 1. The van der Waals surface area contributed by atoms with Gasteiger partial charge in [-0.2, -0.15) is 0 Å². The molecule has 0 radical (unpaired) electrons. The third-order valence-electron chi connectivity index (χ3n) is 7.51. The highest BCUT2D eigenvalue weighted by Crippen LogP contribution is 2.38. The fraction of sp³-hybridized carbons (Fsp3) is 1.00. The van der Waals surface area contributed by atoms with Gasteiger partial charge in [-0.25, -0.2) is 0 Å². The van der Waals surface area contributed by atoms with E-state index in [-0.39, 0.29) is 24.2 Å². The van der Waals surface area contributed by atoms with Gasteiger partial charge in [0.05, 0.1) is 13.2 Å². The third kappa shape index (κ3) is 20.8. The van der Waals surface area contributed by atoms with E-state index >= 15 is 0 Å². The van der Waals surface area contributed by atoms with E-state index in [4.69, 9.17) is 24.9 Å². The van der Waals surface area contributed by atoms with Gasteiger partial charge in [0, 0.05) is 24.1 Å². The topological polar surface area (TPSA) is 82.9 Å². The fourth-order valence-corrected chi connectivity index (χ4v) is 8.53. The molecule has 0 bridgehead atoms. The molecule has 0 saturated heterocycles. The Hall–Kier alpha value is 0.307. The summed E-state index contributed by atoms with van der Waals surface area (Å²) in [5.74, 6) is 0.794. The molecule has 37 heavy (non-hydrogen) atoms. The Balaban J connectivity index is 0. The van der Waals surface area contributed by atoms with Crippen LogP contribution in [0.2, 0.25) is 6.04 Å². The predicted molar refractivity (Wildman–Crippen MR) is 164 cm³/mol. The molecular formula is C30H66ClNO4Si. The highest BCUT2D eigenvalue weighted by molar-refractivity contribution is 6.60. The van der Waals surface area contributed by atoms with E-state index in [9.17, 15) is 5.11 Å². The zero-order valence-corrected chi connectivity index (χ0v) is 27.5. The van der Waals surface area contributed by atoms with Gasteiger partial charge in [-0.3, -0.25) is 0 Å². The first-order valence-electron chi connectivity index (χ1n) is 15.5. The fourth-order valence-electron chi connectivity index (χ4n) is 5.27. The van der Waals surface area contributed by atoms with Crippen molar-refractivity contribution in [2.45, 2.75) is 155 Å². The minimum absolute atomic E-state index is 0. The Kier molecular flexibility index (Phi) is 27.0. The number of aliphatic hydroxyl groups excluding tert-OH is 1. The Morgan fingerprint density at radius 2 is 1.16 bits per heavy atom. The van der Waals surface area contributed by atoms with Crippen molar-refractivity contribution in [1.82, 2.24) is 6.15 Å². The predicted octanol–water partition coefficient (Wildman–Crippen LogP) is 9.70. The molecule has 0 aliphatic carbocycles. The maximum absolute atomic E-state index is 9.25. The zero-order valence-electron chi connectivity index (χ0n) is 25.8. The zero-order chi connectivity index (χ0) is 27.1. The van der Waals surface area contributed by atoms with Gasteiger partial charge in [0.15, 0.2) is 0 Å². The molecule has 0 aliphatic rings. The van der Waals surface area contributed by atoms with Crippen LogP contribution in [0.25, 0.3) is 0 Å². The van der Waals surface area contributed by atoms with Crippen molar-refractivity contribution < 1.29 is 18.4 Å².